The molecule has 3 saturated heterocycles. The number of nitrogens with zero attached hydrogens (tertiary/aromatic N) is 2. The van der Waals surface area contributed by atoms with Crippen molar-refractivity contribution in [1.82, 2.24) is 9.80 Å². The zero-order valence-corrected chi connectivity index (χ0v) is 14.4. The van der Waals surface area contributed by atoms with Gasteiger partial charge in [0.1, 0.15) is 0 Å². The Hall–Kier alpha value is 0.710. The van der Waals surface area contributed by atoms with Gasteiger partial charge in [-0.1, -0.05) is 0 Å². The number of morpholine rings is 1. The van der Waals surface area contributed by atoms with Gasteiger partial charge in [0.25, 0.3) is 0 Å². The van der Waals surface area contributed by atoms with Crippen molar-refractivity contribution in [2.75, 3.05) is 39.4 Å². The third-order valence-corrected chi connectivity index (χ3v) is 4.70. The minimum absolute atomic E-state index is 0. The summed E-state index contributed by atoms with van der Waals surface area (Å²) in [7, 11) is 0. The van der Waals surface area contributed by atoms with Gasteiger partial charge in [0.2, 0.25) is 0 Å². The van der Waals surface area contributed by atoms with Gasteiger partial charge in [0, 0.05) is 44.3 Å². The number of piperidine rings is 1. The number of fused-ring (bicyclic) bond motifs is 2. The summed E-state index contributed by atoms with van der Waals surface area (Å²) in [6.45, 7) is 6.51. The van der Waals surface area contributed by atoms with Crippen LogP contribution in [0.25, 0.3) is 0 Å². The van der Waals surface area contributed by atoms with E-state index in [0.29, 0.717) is 6.04 Å². The van der Waals surface area contributed by atoms with Gasteiger partial charge in [-0.2, -0.15) is 0 Å². The van der Waals surface area contributed by atoms with Gasteiger partial charge in [0.15, 0.2) is 0 Å². The number of hydrogen-bond donors (Lipinski definition) is 1. The molecule has 0 radical (unpaired) electrons. The molecule has 4 nitrogen and oxygen atoms in total. The van der Waals surface area contributed by atoms with Gasteiger partial charge >= 0.3 is 0 Å². The number of ether oxygens (including phenoxy) is 1. The number of halogens is 3. The zero-order valence-electron chi connectivity index (χ0n) is 11.9. The summed E-state index contributed by atoms with van der Waals surface area (Å²) in [6.07, 6.45) is 5.20. The lowest BCUT2D eigenvalue weighted by Gasteiger charge is -2.39. The first-order chi connectivity index (χ1) is 8.33. The van der Waals surface area contributed by atoms with Crippen molar-refractivity contribution in [3.8, 4) is 0 Å². The van der Waals surface area contributed by atoms with Crippen LogP contribution in [0.2, 0.25) is 0 Å². The van der Waals surface area contributed by atoms with Crippen molar-refractivity contribution < 1.29 is 4.74 Å². The Bertz CT molecular complexity index is 253. The second-order valence-corrected chi connectivity index (χ2v) is 5.81. The van der Waals surface area contributed by atoms with Gasteiger partial charge in [-0.3, -0.25) is 9.80 Å². The highest BCUT2D eigenvalue weighted by molar-refractivity contribution is 5.86. The highest BCUT2D eigenvalue weighted by Crippen LogP contribution is 2.34. The molecular formula is C13H28Cl3N3O. The summed E-state index contributed by atoms with van der Waals surface area (Å²) >= 11 is 0. The molecule has 0 aromatic heterocycles. The summed E-state index contributed by atoms with van der Waals surface area (Å²) in [5.41, 5.74) is 6.10. The van der Waals surface area contributed by atoms with Crippen LogP contribution in [0.5, 0.6) is 0 Å². The lowest BCUT2D eigenvalue weighted by molar-refractivity contribution is 0.0265. The number of rotatable bonds is 3. The fourth-order valence-electron chi connectivity index (χ4n) is 3.76. The van der Waals surface area contributed by atoms with E-state index in [0.717, 1.165) is 38.4 Å². The molecule has 122 valence electrons. The Morgan fingerprint density at radius 2 is 1.45 bits per heavy atom. The molecule has 20 heavy (non-hydrogen) atoms. The highest BCUT2D eigenvalue weighted by atomic mass is 35.5. The van der Waals surface area contributed by atoms with E-state index in [-0.39, 0.29) is 37.2 Å². The van der Waals surface area contributed by atoms with E-state index in [1.54, 1.807) is 0 Å². The van der Waals surface area contributed by atoms with Gasteiger partial charge in [-0.05, 0) is 25.7 Å². The summed E-state index contributed by atoms with van der Waals surface area (Å²) in [5.74, 6) is 0. The van der Waals surface area contributed by atoms with Crippen molar-refractivity contribution in [3.63, 3.8) is 0 Å². The molecule has 7 heteroatoms. The van der Waals surface area contributed by atoms with E-state index in [2.05, 4.69) is 9.80 Å². The van der Waals surface area contributed by atoms with Crippen LogP contribution in [0.1, 0.15) is 25.7 Å². The maximum atomic E-state index is 6.10. The summed E-state index contributed by atoms with van der Waals surface area (Å²) in [4.78, 5) is 5.27. The average molecular weight is 349 g/mol. The van der Waals surface area contributed by atoms with Crippen LogP contribution in [0.4, 0.5) is 0 Å². The van der Waals surface area contributed by atoms with Crippen molar-refractivity contribution in [1.29, 1.82) is 0 Å². The van der Waals surface area contributed by atoms with Crippen LogP contribution in [0.15, 0.2) is 0 Å². The van der Waals surface area contributed by atoms with Crippen molar-refractivity contribution in [3.05, 3.63) is 0 Å². The topological polar surface area (TPSA) is 41.7 Å². The largest absolute Gasteiger partial charge is 0.379 e. The monoisotopic (exact) mass is 347 g/mol. The predicted octanol–water partition coefficient (Wildman–Crippen LogP) is 1.54. The van der Waals surface area contributed by atoms with E-state index in [4.69, 9.17) is 10.5 Å². The van der Waals surface area contributed by atoms with Crippen LogP contribution in [-0.2, 0) is 4.74 Å². The van der Waals surface area contributed by atoms with Crippen LogP contribution in [0, 0.1) is 0 Å². The van der Waals surface area contributed by atoms with Gasteiger partial charge in [-0.15, -0.1) is 37.2 Å². The molecule has 3 heterocycles. The predicted molar refractivity (Wildman–Crippen MR) is 89.7 cm³/mol. The summed E-state index contributed by atoms with van der Waals surface area (Å²) in [5, 5.41) is 0. The maximum absolute atomic E-state index is 6.10. The lowest BCUT2D eigenvalue weighted by atomic mass is 9.98. The van der Waals surface area contributed by atoms with Crippen molar-refractivity contribution in [2.45, 2.75) is 43.8 Å². The highest BCUT2D eigenvalue weighted by Gasteiger charge is 2.39. The minimum Gasteiger partial charge on any atom is -0.379 e. The molecule has 2 bridgehead atoms. The number of nitrogens with two attached hydrogens (primary N) is 1. The molecule has 3 rings (SSSR count). The van der Waals surface area contributed by atoms with Crippen LogP contribution in [-0.4, -0.2) is 67.3 Å². The van der Waals surface area contributed by atoms with Crippen molar-refractivity contribution in [2.24, 2.45) is 5.73 Å². The molecule has 0 spiro atoms. The molecule has 2 N–H and O–H groups in total. The van der Waals surface area contributed by atoms with E-state index < -0.39 is 0 Å². The molecule has 3 fully saturated rings. The van der Waals surface area contributed by atoms with E-state index in [9.17, 15) is 0 Å². The van der Waals surface area contributed by atoms with Gasteiger partial charge < -0.3 is 10.5 Å². The summed E-state index contributed by atoms with van der Waals surface area (Å²) < 4.78 is 5.39. The third kappa shape index (κ3) is 4.87. The second kappa shape index (κ2) is 9.67. The molecule has 0 aromatic carbocycles. The standard InChI is InChI=1S/C13H25N3O.3ClH/c14-11-9-12-1-2-13(10-11)16(12)4-3-15-5-7-17-8-6-15;;;/h11-13H,1-10,14H2;3*1H/t11-,12+,13-;;;. The first kappa shape index (κ1) is 20.7. The smallest absolute Gasteiger partial charge is 0.0594 e. The second-order valence-electron chi connectivity index (χ2n) is 5.81. The molecule has 0 amide bonds. The molecule has 0 aliphatic carbocycles. The van der Waals surface area contributed by atoms with Crippen molar-refractivity contribution >= 4 is 37.2 Å². The summed E-state index contributed by atoms with van der Waals surface area (Å²) in [6, 6.07) is 2.03. The minimum atomic E-state index is 0. The van der Waals surface area contributed by atoms with Gasteiger partial charge in [-0.25, -0.2) is 0 Å². The van der Waals surface area contributed by atoms with Crippen LogP contribution < -0.4 is 5.73 Å². The SMILES string of the molecule is Cl.Cl.Cl.N[C@H]1C[C@H]2CC[C@@H](C1)N2CCN1CCOCC1. The van der Waals surface area contributed by atoms with Crippen LogP contribution in [0.3, 0.4) is 0 Å². The normalized spacial score (nSPS) is 33.8. The number of hydrogen-bond acceptors (Lipinski definition) is 4. The van der Waals surface area contributed by atoms with E-state index in [1.807, 2.05) is 0 Å². The Morgan fingerprint density at radius 1 is 0.900 bits per heavy atom. The molecule has 0 saturated carbocycles. The van der Waals surface area contributed by atoms with Gasteiger partial charge in [0.05, 0.1) is 13.2 Å². The fraction of sp³-hybridized carbons (Fsp3) is 1.00. The third-order valence-electron chi connectivity index (χ3n) is 4.70. The Labute approximate surface area is 141 Å². The Morgan fingerprint density at radius 3 is 2.00 bits per heavy atom. The quantitative estimate of drug-likeness (QED) is 0.840. The molecule has 3 aliphatic heterocycles. The molecule has 0 aromatic rings. The Kier molecular flexibility index (Phi) is 10.0. The molecular weight excluding hydrogens is 321 g/mol. The van der Waals surface area contributed by atoms with E-state index >= 15 is 0 Å². The zero-order chi connectivity index (χ0) is 11.7. The van der Waals surface area contributed by atoms with Crippen LogP contribution >= 0.6 is 37.2 Å². The Balaban J connectivity index is 0.00000120. The molecule has 3 aliphatic rings. The first-order valence-corrected chi connectivity index (χ1v) is 7.14. The first-order valence-electron chi connectivity index (χ1n) is 7.14. The molecule has 3 atom stereocenters. The average Bonchev–Trinajstić information content (AvgIpc) is 2.59. The molecule has 0 unspecified atom stereocenters. The van der Waals surface area contributed by atoms with E-state index in [1.165, 1.54) is 38.8 Å². The lowest BCUT2D eigenvalue weighted by Crippen LogP contribution is -2.50. The maximum Gasteiger partial charge on any atom is 0.0594 e. The fourth-order valence-corrected chi connectivity index (χ4v) is 3.76.